The number of rotatable bonds is 9. The Kier molecular flexibility index (Phi) is 8.22. The van der Waals surface area contributed by atoms with Crippen LogP contribution in [-0.4, -0.2) is 27.0 Å². The van der Waals surface area contributed by atoms with Crippen molar-refractivity contribution in [3.05, 3.63) is 74.1 Å². The number of nitrogens with one attached hydrogen (secondary N) is 2. The number of unbranched alkanes of at least 4 members (excludes halogenated alkanes) is 1. The Morgan fingerprint density at radius 1 is 1.03 bits per heavy atom. The predicted octanol–water partition coefficient (Wildman–Crippen LogP) is 3.29. The van der Waals surface area contributed by atoms with Gasteiger partial charge >= 0.3 is 5.69 Å². The van der Waals surface area contributed by atoms with Crippen LogP contribution in [0, 0.1) is 5.82 Å². The minimum absolute atomic E-state index is 0.0416. The van der Waals surface area contributed by atoms with Crippen molar-refractivity contribution in [3.8, 4) is 0 Å². The molecule has 2 aromatic carbocycles. The van der Waals surface area contributed by atoms with E-state index in [0.717, 1.165) is 10.6 Å². The number of carbonyl (C=O) groups is 2. The summed E-state index contributed by atoms with van der Waals surface area (Å²) in [5, 5.41) is 5.54. The maximum absolute atomic E-state index is 13.4. The molecule has 180 valence electrons. The fraction of sp³-hybridized carbons (Fsp3) is 0.333. The molecule has 0 atom stereocenters. The van der Waals surface area contributed by atoms with Gasteiger partial charge in [0.2, 0.25) is 11.8 Å². The monoisotopic (exact) mass is 488 g/mol. The average Bonchev–Trinajstić information content (AvgIpc) is 2.78. The van der Waals surface area contributed by atoms with Crippen molar-refractivity contribution in [2.24, 2.45) is 0 Å². The van der Waals surface area contributed by atoms with E-state index >= 15 is 0 Å². The van der Waals surface area contributed by atoms with Gasteiger partial charge in [-0.25, -0.2) is 9.18 Å². The summed E-state index contributed by atoms with van der Waals surface area (Å²) in [7, 11) is 0. The molecule has 0 radical (unpaired) electrons. The number of fused-ring (bicyclic) bond motifs is 1. The highest BCUT2D eigenvalue weighted by atomic mass is 35.5. The topological polar surface area (TPSA) is 102 Å². The van der Waals surface area contributed by atoms with Crippen LogP contribution in [-0.2, 0) is 22.7 Å². The van der Waals surface area contributed by atoms with Crippen molar-refractivity contribution in [2.45, 2.75) is 52.2 Å². The van der Waals surface area contributed by atoms with E-state index in [1.165, 1.54) is 16.7 Å². The number of benzene rings is 2. The first-order valence-corrected chi connectivity index (χ1v) is 11.3. The van der Waals surface area contributed by atoms with Gasteiger partial charge in [0.05, 0.1) is 15.9 Å². The number of anilines is 1. The Morgan fingerprint density at radius 3 is 2.47 bits per heavy atom. The number of amides is 2. The predicted molar refractivity (Wildman–Crippen MR) is 130 cm³/mol. The van der Waals surface area contributed by atoms with E-state index in [-0.39, 0.29) is 42.2 Å². The van der Waals surface area contributed by atoms with E-state index in [1.54, 1.807) is 24.3 Å². The Hall–Kier alpha value is -3.46. The molecule has 0 fully saturated rings. The molecule has 0 aliphatic carbocycles. The standard InChI is InChI=1S/C24H26ClFN4O4/c1-15(2)27-21(31)9-5-6-12-29-23(33)17-7-3-4-8-20(17)30(24(29)34)14-22(32)28-16-10-11-19(26)18(25)13-16/h3-4,7-8,10-11,13,15H,5-6,9,12,14H2,1-2H3,(H,27,31)(H,28,32). The molecule has 0 spiro atoms. The molecule has 34 heavy (non-hydrogen) atoms. The van der Waals surface area contributed by atoms with Crippen LogP contribution in [0.1, 0.15) is 33.1 Å². The van der Waals surface area contributed by atoms with Gasteiger partial charge in [0.25, 0.3) is 5.56 Å². The quantitative estimate of drug-likeness (QED) is 0.451. The second-order valence-electron chi connectivity index (χ2n) is 8.20. The highest BCUT2D eigenvalue weighted by Gasteiger charge is 2.16. The number of para-hydroxylation sites is 1. The molecule has 0 bridgehead atoms. The van der Waals surface area contributed by atoms with Gasteiger partial charge in [0.1, 0.15) is 12.4 Å². The maximum Gasteiger partial charge on any atom is 0.331 e. The van der Waals surface area contributed by atoms with Gasteiger partial charge in [-0.15, -0.1) is 0 Å². The molecule has 2 N–H and O–H groups in total. The highest BCUT2D eigenvalue weighted by molar-refractivity contribution is 6.31. The zero-order valence-electron chi connectivity index (χ0n) is 18.9. The normalized spacial score (nSPS) is 11.1. The molecule has 1 heterocycles. The highest BCUT2D eigenvalue weighted by Crippen LogP contribution is 2.19. The number of nitrogens with zero attached hydrogens (tertiary/aromatic N) is 2. The minimum Gasteiger partial charge on any atom is -0.354 e. The molecule has 0 aliphatic heterocycles. The zero-order chi connectivity index (χ0) is 24.8. The van der Waals surface area contributed by atoms with Crippen LogP contribution in [0.3, 0.4) is 0 Å². The van der Waals surface area contributed by atoms with Crippen LogP contribution in [0.15, 0.2) is 52.1 Å². The summed E-state index contributed by atoms with van der Waals surface area (Å²) in [5.41, 5.74) is -0.462. The lowest BCUT2D eigenvalue weighted by molar-refractivity contribution is -0.121. The third kappa shape index (κ3) is 6.11. The van der Waals surface area contributed by atoms with E-state index in [0.29, 0.717) is 23.7 Å². The third-order valence-electron chi connectivity index (χ3n) is 5.12. The van der Waals surface area contributed by atoms with Crippen LogP contribution in [0.2, 0.25) is 5.02 Å². The van der Waals surface area contributed by atoms with Crippen LogP contribution >= 0.6 is 11.6 Å². The molecule has 8 nitrogen and oxygen atoms in total. The van der Waals surface area contributed by atoms with Gasteiger partial charge in [0.15, 0.2) is 0 Å². The average molecular weight is 489 g/mol. The summed E-state index contributed by atoms with van der Waals surface area (Å²) in [5.74, 6) is -1.24. The summed E-state index contributed by atoms with van der Waals surface area (Å²) in [6.07, 6.45) is 1.24. The summed E-state index contributed by atoms with van der Waals surface area (Å²) < 4.78 is 15.7. The van der Waals surface area contributed by atoms with Crippen LogP contribution in [0.5, 0.6) is 0 Å². The van der Waals surface area contributed by atoms with E-state index in [9.17, 15) is 23.6 Å². The molecule has 3 rings (SSSR count). The van der Waals surface area contributed by atoms with Crippen LogP contribution in [0.25, 0.3) is 10.9 Å². The van der Waals surface area contributed by atoms with Gasteiger partial charge in [-0.1, -0.05) is 23.7 Å². The fourth-order valence-electron chi connectivity index (χ4n) is 3.59. The lowest BCUT2D eigenvalue weighted by Crippen LogP contribution is -2.41. The first-order valence-electron chi connectivity index (χ1n) is 10.9. The van der Waals surface area contributed by atoms with Crippen molar-refractivity contribution in [1.29, 1.82) is 0 Å². The Labute approximate surface area is 200 Å². The maximum atomic E-state index is 13.4. The first kappa shape index (κ1) is 25.2. The van der Waals surface area contributed by atoms with E-state index in [4.69, 9.17) is 11.6 Å². The van der Waals surface area contributed by atoms with E-state index in [1.807, 2.05) is 13.8 Å². The molecule has 10 heteroatoms. The molecule has 3 aromatic rings. The Balaban J connectivity index is 1.82. The van der Waals surface area contributed by atoms with Gasteiger partial charge in [-0.2, -0.15) is 0 Å². The zero-order valence-corrected chi connectivity index (χ0v) is 19.7. The summed E-state index contributed by atoms with van der Waals surface area (Å²) in [4.78, 5) is 50.6. The van der Waals surface area contributed by atoms with Gasteiger partial charge in [0, 0.05) is 24.7 Å². The van der Waals surface area contributed by atoms with E-state index < -0.39 is 23.0 Å². The van der Waals surface area contributed by atoms with E-state index in [2.05, 4.69) is 10.6 Å². The van der Waals surface area contributed by atoms with Gasteiger partial charge in [-0.05, 0) is 57.0 Å². The number of hydrogen-bond donors (Lipinski definition) is 2. The largest absolute Gasteiger partial charge is 0.354 e. The van der Waals surface area contributed by atoms with Crippen molar-refractivity contribution in [3.63, 3.8) is 0 Å². The van der Waals surface area contributed by atoms with Crippen LogP contribution in [0.4, 0.5) is 10.1 Å². The minimum atomic E-state index is -0.623. The second kappa shape index (κ2) is 11.1. The number of aromatic nitrogens is 2. The molecule has 0 saturated heterocycles. The van der Waals surface area contributed by atoms with Gasteiger partial charge in [-0.3, -0.25) is 23.5 Å². The molecule has 0 unspecified atom stereocenters. The molecule has 1 aromatic heterocycles. The number of carbonyl (C=O) groups excluding carboxylic acids is 2. The van der Waals surface area contributed by atoms with Gasteiger partial charge < -0.3 is 10.6 Å². The van der Waals surface area contributed by atoms with Crippen molar-refractivity contribution in [2.75, 3.05) is 5.32 Å². The lowest BCUT2D eigenvalue weighted by atomic mass is 10.2. The van der Waals surface area contributed by atoms with Crippen molar-refractivity contribution < 1.29 is 14.0 Å². The summed E-state index contributed by atoms with van der Waals surface area (Å²) in [6, 6.07) is 10.3. The number of halogens is 2. The Bertz CT molecular complexity index is 1330. The second-order valence-corrected chi connectivity index (χ2v) is 8.61. The lowest BCUT2D eigenvalue weighted by Gasteiger charge is -2.14. The smallest absolute Gasteiger partial charge is 0.331 e. The Morgan fingerprint density at radius 2 is 1.76 bits per heavy atom. The molecule has 0 aliphatic rings. The first-order chi connectivity index (χ1) is 16.2. The molecular formula is C24H26ClFN4O4. The molecule has 2 amide bonds. The number of hydrogen-bond acceptors (Lipinski definition) is 4. The fourth-order valence-corrected chi connectivity index (χ4v) is 3.77. The summed E-state index contributed by atoms with van der Waals surface area (Å²) >= 11 is 5.76. The van der Waals surface area contributed by atoms with Crippen molar-refractivity contribution in [1.82, 2.24) is 14.5 Å². The SMILES string of the molecule is CC(C)NC(=O)CCCCn1c(=O)c2ccccc2n(CC(=O)Nc2ccc(F)c(Cl)c2)c1=O. The van der Waals surface area contributed by atoms with Crippen LogP contribution < -0.4 is 21.9 Å². The molecular weight excluding hydrogens is 463 g/mol. The molecule has 0 saturated carbocycles. The van der Waals surface area contributed by atoms with Crippen molar-refractivity contribution >= 4 is 40.0 Å². The third-order valence-corrected chi connectivity index (χ3v) is 5.41. The summed E-state index contributed by atoms with van der Waals surface area (Å²) in [6.45, 7) is 3.50.